The first-order valence-corrected chi connectivity index (χ1v) is 6.78. The number of aliphatic hydroxyl groups excluding tert-OH is 1. The molecule has 1 fully saturated rings. The van der Waals surface area contributed by atoms with E-state index in [1.54, 1.807) is 0 Å². The maximum Gasteiger partial charge on any atom is 0.330 e. The molecule has 4 atom stereocenters. The second kappa shape index (κ2) is 6.27. The molecule has 2 rings (SSSR count). The van der Waals surface area contributed by atoms with Crippen molar-refractivity contribution in [2.75, 3.05) is 0 Å². The summed E-state index contributed by atoms with van der Waals surface area (Å²) in [6.07, 6.45) is 0.261. The molecule has 10 heteroatoms. The van der Waals surface area contributed by atoms with Gasteiger partial charge in [0.2, 0.25) is 0 Å². The van der Waals surface area contributed by atoms with Gasteiger partial charge in [-0.25, -0.2) is 4.79 Å². The Bertz CT molecular complexity index is 707. The molecule has 1 aromatic heterocycles. The molecule has 2 heterocycles. The summed E-state index contributed by atoms with van der Waals surface area (Å²) >= 11 is 3.02. The van der Waals surface area contributed by atoms with Crippen LogP contribution in [0.1, 0.15) is 12.6 Å². The predicted molar refractivity (Wildman–Crippen MR) is 76.7 cm³/mol. The molecule has 9 nitrogen and oxygen atoms in total. The summed E-state index contributed by atoms with van der Waals surface area (Å²) < 4.78 is 6.90. The molecule has 112 valence electrons. The maximum atomic E-state index is 11.8. The number of hydrogen-bond acceptors (Lipinski definition) is 5. The Morgan fingerprint density at radius 3 is 3.05 bits per heavy atom. The average Bonchev–Trinajstić information content (AvgIpc) is 2.82. The van der Waals surface area contributed by atoms with Crippen LogP contribution in [-0.4, -0.2) is 32.9 Å². The highest BCUT2D eigenvalue weighted by Crippen LogP contribution is 2.31. The topological polar surface area (TPSA) is 133 Å². The molecule has 0 spiro atoms. The van der Waals surface area contributed by atoms with Gasteiger partial charge in [-0.15, -0.1) is 6.58 Å². The largest absolute Gasteiger partial charge is 0.390 e. The minimum atomic E-state index is -0.930. The minimum Gasteiger partial charge on any atom is -0.390 e. The zero-order valence-corrected chi connectivity index (χ0v) is 12.3. The average molecular weight is 358 g/mol. The molecule has 1 aliphatic heterocycles. The molecule has 1 saturated heterocycles. The standard InChI is InChI=1S/C11H12BrN5O4/c1-2-6(15-16-13)9-7(18)3-8(21-9)17-4-5(12)10(19)14-11(17)20/h2,4,6-9,18H,1,3H2,(H,14,19,20)/t6?,7-,8+,9+/m0/s1. The lowest BCUT2D eigenvalue weighted by atomic mass is 10.1. The normalized spacial score (nSPS) is 26.1. The van der Waals surface area contributed by atoms with Crippen LogP contribution < -0.4 is 11.2 Å². The van der Waals surface area contributed by atoms with Gasteiger partial charge in [-0.05, 0) is 21.5 Å². The van der Waals surface area contributed by atoms with Crippen LogP contribution in [0.15, 0.2) is 38.0 Å². The molecular weight excluding hydrogens is 346 g/mol. The lowest BCUT2D eigenvalue weighted by molar-refractivity contribution is -0.0257. The van der Waals surface area contributed by atoms with Gasteiger partial charge >= 0.3 is 5.69 Å². The quantitative estimate of drug-likeness (QED) is 0.357. The fourth-order valence-electron chi connectivity index (χ4n) is 2.14. The lowest BCUT2D eigenvalue weighted by Gasteiger charge is -2.19. The highest BCUT2D eigenvalue weighted by Gasteiger charge is 2.39. The molecule has 1 aromatic rings. The van der Waals surface area contributed by atoms with Gasteiger partial charge in [0, 0.05) is 17.5 Å². The van der Waals surface area contributed by atoms with Crippen LogP contribution in [0.4, 0.5) is 0 Å². The molecule has 21 heavy (non-hydrogen) atoms. The molecule has 0 saturated carbocycles. The van der Waals surface area contributed by atoms with E-state index in [4.69, 9.17) is 10.3 Å². The molecule has 0 bridgehead atoms. The number of nitrogens with one attached hydrogen (secondary N) is 1. The van der Waals surface area contributed by atoms with Crippen LogP contribution >= 0.6 is 15.9 Å². The summed E-state index contributed by atoms with van der Waals surface area (Å²) in [5.41, 5.74) is 7.28. The van der Waals surface area contributed by atoms with Crippen LogP contribution in [0.25, 0.3) is 10.4 Å². The van der Waals surface area contributed by atoms with Crippen molar-refractivity contribution < 1.29 is 9.84 Å². The number of nitrogens with zero attached hydrogens (tertiary/aromatic N) is 4. The highest BCUT2D eigenvalue weighted by atomic mass is 79.9. The van der Waals surface area contributed by atoms with Crippen LogP contribution in [0.5, 0.6) is 0 Å². The van der Waals surface area contributed by atoms with Crippen molar-refractivity contribution in [3.63, 3.8) is 0 Å². The number of ether oxygens (including phenoxy) is 1. The summed E-state index contributed by atoms with van der Waals surface area (Å²) in [7, 11) is 0. The predicted octanol–water partition coefficient (Wildman–Crippen LogP) is 0.812. The Kier molecular flexibility index (Phi) is 4.63. The summed E-state index contributed by atoms with van der Waals surface area (Å²) in [6, 6.07) is -0.753. The minimum absolute atomic E-state index is 0.119. The van der Waals surface area contributed by atoms with Crippen molar-refractivity contribution in [2.24, 2.45) is 5.11 Å². The van der Waals surface area contributed by atoms with Crippen molar-refractivity contribution >= 4 is 15.9 Å². The monoisotopic (exact) mass is 357 g/mol. The first kappa shape index (κ1) is 15.5. The van der Waals surface area contributed by atoms with Crippen molar-refractivity contribution in [1.29, 1.82) is 0 Å². The van der Waals surface area contributed by atoms with Crippen molar-refractivity contribution in [1.82, 2.24) is 9.55 Å². The van der Waals surface area contributed by atoms with Crippen molar-refractivity contribution in [3.05, 3.63) is 54.6 Å². The summed E-state index contributed by atoms with van der Waals surface area (Å²) in [4.78, 5) is 27.9. The Labute approximate surface area is 126 Å². The van der Waals surface area contributed by atoms with Gasteiger partial charge in [-0.3, -0.25) is 14.3 Å². The van der Waals surface area contributed by atoms with Crippen LogP contribution in [-0.2, 0) is 4.74 Å². The summed E-state index contributed by atoms with van der Waals surface area (Å²) in [5.74, 6) is 0. The Morgan fingerprint density at radius 1 is 1.71 bits per heavy atom. The first-order chi connectivity index (χ1) is 9.97. The zero-order valence-electron chi connectivity index (χ0n) is 10.7. The summed E-state index contributed by atoms with van der Waals surface area (Å²) in [5, 5.41) is 13.5. The molecule has 0 aliphatic carbocycles. The first-order valence-electron chi connectivity index (χ1n) is 5.99. The number of rotatable bonds is 4. The lowest BCUT2D eigenvalue weighted by Crippen LogP contribution is -2.33. The van der Waals surface area contributed by atoms with E-state index in [-0.39, 0.29) is 10.9 Å². The fraction of sp³-hybridized carbons (Fsp3) is 0.455. The Morgan fingerprint density at radius 2 is 2.43 bits per heavy atom. The van der Waals surface area contributed by atoms with Gasteiger partial charge in [0.25, 0.3) is 5.56 Å². The van der Waals surface area contributed by atoms with Gasteiger partial charge in [0.05, 0.1) is 22.7 Å². The van der Waals surface area contributed by atoms with E-state index in [0.29, 0.717) is 0 Å². The van der Waals surface area contributed by atoms with E-state index in [9.17, 15) is 14.7 Å². The van der Waals surface area contributed by atoms with E-state index < -0.39 is 35.7 Å². The molecule has 2 N–H and O–H groups in total. The SMILES string of the molecule is C=CC(N=[N+]=[N-])[C@H]1O[C@@H](n2cc(Br)c(=O)[nH]c2=O)C[C@@H]1O. The van der Waals surface area contributed by atoms with E-state index in [1.165, 1.54) is 12.3 Å². The number of aromatic amines is 1. The zero-order chi connectivity index (χ0) is 15.6. The van der Waals surface area contributed by atoms with Crippen LogP contribution in [0.3, 0.4) is 0 Å². The van der Waals surface area contributed by atoms with Gasteiger partial charge < -0.3 is 9.84 Å². The number of H-pyrrole nitrogens is 1. The third kappa shape index (κ3) is 3.08. The van der Waals surface area contributed by atoms with Crippen molar-refractivity contribution in [2.45, 2.75) is 30.9 Å². The number of halogens is 1. The number of aromatic nitrogens is 2. The molecule has 1 unspecified atom stereocenters. The van der Waals surface area contributed by atoms with E-state index in [1.807, 2.05) is 0 Å². The van der Waals surface area contributed by atoms with Gasteiger partial charge in [-0.1, -0.05) is 11.2 Å². The van der Waals surface area contributed by atoms with Crippen molar-refractivity contribution in [3.8, 4) is 0 Å². The molecule has 0 radical (unpaired) electrons. The molecule has 0 amide bonds. The maximum absolute atomic E-state index is 11.8. The second-order valence-corrected chi connectivity index (χ2v) is 5.29. The third-order valence-corrected chi connectivity index (χ3v) is 3.70. The molecule has 1 aliphatic rings. The number of hydrogen-bond donors (Lipinski definition) is 2. The fourth-order valence-corrected chi connectivity index (χ4v) is 2.46. The summed E-state index contributed by atoms with van der Waals surface area (Å²) in [6.45, 7) is 3.52. The van der Waals surface area contributed by atoms with Crippen LogP contribution in [0.2, 0.25) is 0 Å². The molecular formula is C11H12BrN5O4. The van der Waals surface area contributed by atoms with Gasteiger partial charge in [0.15, 0.2) is 0 Å². The number of azide groups is 1. The van der Waals surface area contributed by atoms with Gasteiger partial charge in [-0.2, -0.15) is 0 Å². The van der Waals surface area contributed by atoms with E-state index in [0.717, 1.165) is 4.57 Å². The van der Waals surface area contributed by atoms with E-state index in [2.05, 4.69) is 37.5 Å². The Hall–Kier alpha value is -1.87. The smallest absolute Gasteiger partial charge is 0.330 e. The Balaban J connectivity index is 2.31. The van der Waals surface area contributed by atoms with Crippen LogP contribution in [0, 0.1) is 0 Å². The molecule has 0 aromatic carbocycles. The van der Waals surface area contributed by atoms with E-state index >= 15 is 0 Å². The van der Waals surface area contributed by atoms with Gasteiger partial charge in [0.1, 0.15) is 6.23 Å². The highest BCUT2D eigenvalue weighted by molar-refractivity contribution is 9.10. The number of aliphatic hydroxyl groups is 1. The second-order valence-electron chi connectivity index (χ2n) is 4.43. The third-order valence-electron chi connectivity index (χ3n) is 3.13.